The van der Waals surface area contributed by atoms with Crippen LogP contribution in [-0.4, -0.2) is 10.9 Å². The van der Waals surface area contributed by atoms with Crippen LogP contribution in [0.1, 0.15) is 22.0 Å². The predicted molar refractivity (Wildman–Crippen MR) is 75.8 cm³/mol. The van der Waals surface area contributed by atoms with E-state index in [1.807, 2.05) is 30.3 Å². The molecule has 0 aliphatic heterocycles. The van der Waals surface area contributed by atoms with E-state index in [-0.39, 0.29) is 5.78 Å². The maximum Gasteiger partial charge on any atom is 0.196 e. The molecule has 0 spiro atoms. The number of rotatable bonds is 0. The van der Waals surface area contributed by atoms with E-state index in [2.05, 4.69) is 0 Å². The van der Waals surface area contributed by atoms with Crippen LogP contribution in [0.3, 0.4) is 0 Å². The Kier molecular flexibility index (Phi) is 2.06. The summed E-state index contributed by atoms with van der Waals surface area (Å²) in [6.07, 6.45) is -1.08. The second-order valence-corrected chi connectivity index (χ2v) is 5.20. The minimum Gasteiger partial charge on any atom is -0.380 e. The van der Waals surface area contributed by atoms with Crippen molar-refractivity contribution < 1.29 is 9.90 Å². The highest BCUT2D eigenvalue weighted by atomic mass is 35.5. The lowest BCUT2D eigenvalue weighted by Crippen LogP contribution is -2.04. The first kappa shape index (κ1) is 11.0. The molecule has 0 fully saturated rings. The molecule has 0 heterocycles. The number of hydrogen-bond donors (Lipinski definition) is 1. The topological polar surface area (TPSA) is 37.3 Å². The van der Waals surface area contributed by atoms with Crippen LogP contribution in [0.5, 0.6) is 0 Å². The first-order valence-corrected chi connectivity index (χ1v) is 6.42. The van der Waals surface area contributed by atoms with Crippen LogP contribution in [-0.2, 0) is 0 Å². The van der Waals surface area contributed by atoms with Crippen molar-refractivity contribution in [2.45, 2.75) is 6.10 Å². The molecule has 1 atom stereocenters. The summed E-state index contributed by atoms with van der Waals surface area (Å²) in [5, 5.41) is 14.4. The van der Waals surface area contributed by atoms with Gasteiger partial charge in [-0.15, -0.1) is 0 Å². The number of aliphatic hydroxyl groups is 1. The van der Waals surface area contributed by atoms with Gasteiger partial charge >= 0.3 is 0 Å². The number of Topliss-reactive ketones (excluding diaryl/α,β-unsaturated/α-hetero) is 1. The Bertz CT molecular complexity index is 867. The monoisotopic (exact) mass is 268 g/mol. The largest absolute Gasteiger partial charge is 0.380 e. The first-order valence-electron chi connectivity index (χ1n) is 6.04. The lowest BCUT2D eigenvalue weighted by Gasteiger charge is -2.09. The van der Waals surface area contributed by atoms with Gasteiger partial charge in [-0.1, -0.05) is 35.9 Å². The molecule has 1 unspecified atom stereocenters. The molecule has 1 aliphatic rings. The highest BCUT2D eigenvalue weighted by molar-refractivity contribution is 6.38. The summed E-state index contributed by atoms with van der Waals surface area (Å²) in [6.45, 7) is 0. The zero-order valence-electron chi connectivity index (χ0n) is 9.85. The van der Waals surface area contributed by atoms with Crippen LogP contribution in [0.15, 0.2) is 42.5 Å². The van der Waals surface area contributed by atoms with E-state index in [4.69, 9.17) is 11.6 Å². The van der Waals surface area contributed by atoms with Gasteiger partial charge in [-0.2, -0.15) is 0 Å². The van der Waals surface area contributed by atoms with Crippen molar-refractivity contribution in [3.63, 3.8) is 0 Å². The van der Waals surface area contributed by atoms with Crippen molar-refractivity contribution in [2.24, 2.45) is 0 Å². The summed E-state index contributed by atoms with van der Waals surface area (Å²) >= 11 is 6.23. The average Bonchev–Trinajstić information content (AvgIpc) is 2.69. The van der Waals surface area contributed by atoms with Crippen molar-refractivity contribution in [2.75, 3.05) is 0 Å². The molecular weight excluding hydrogens is 260 g/mol. The number of ketones is 1. The Hall–Kier alpha value is -1.90. The van der Waals surface area contributed by atoms with Gasteiger partial charge in [0.05, 0.1) is 0 Å². The summed E-state index contributed by atoms with van der Waals surface area (Å²) in [4.78, 5) is 12.1. The van der Waals surface area contributed by atoms with E-state index in [1.54, 1.807) is 12.1 Å². The highest BCUT2D eigenvalue weighted by Crippen LogP contribution is 2.43. The van der Waals surface area contributed by atoms with Gasteiger partial charge < -0.3 is 5.11 Å². The minimum absolute atomic E-state index is 0.243. The van der Waals surface area contributed by atoms with Crippen LogP contribution in [0.4, 0.5) is 0 Å². The predicted octanol–water partition coefficient (Wildman–Crippen LogP) is 3.88. The first-order chi connectivity index (χ1) is 9.18. The number of benzene rings is 3. The Morgan fingerprint density at radius 1 is 1.05 bits per heavy atom. The molecule has 0 aromatic heterocycles. The van der Waals surface area contributed by atoms with E-state index in [0.29, 0.717) is 16.1 Å². The zero-order chi connectivity index (χ0) is 13.1. The summed E-state index contributed by atoms with van der Waals surface area (Å²) in [5.74, 6) is -0.243. The van der Waals surface area contributed by atoms with E-state index in [1.165, 1.54) is 0 Å². The summed E-state index contributed by atoms with van der Waals surface area (Å²) < 4.78 is 0. The fourth-order valence-corrected chi connectivity index (χ4v) is 3.16. The fraction of sp³-hybridized carbons (Fsp3) is 0.0625. The van der Waals surface area contributed by atoms with Crippen LogP contribution in [0.25, 0.3) is 21.5 Å². The molecule has 4 rings (SSSR count). The number of carbonyl (C=O) groups is 1. The SMILES string of the molecule is O=C1c2ccc(Cl)c3cc4ccccc4c(c23)C1O. The van der Waals surface area contributed by atoms with E-state index >= 15 is 0 Å². The minimum atomic E-state index is -1.08. The van der Waals surface area contributed by atoms with E-state index in [0.717, 1.165) is 21.5 Å². The third-order valence-corrected chi connectivity index (χ3v) is 4.13. The van der Waals surface area contributed by atoms with Gasteiger partial charge in [0.25, 0.3) is 0 Å². The maximum absolute atomic E-state index is 12.1. The van der Waals surface area contributed by atoms with Crippen molar-refractivity contribution in [1.29, 1.82) is 0 Å². The summed E-state index contributed by atoms with van der Waals surface area (Å²) in [6, 6.07) is 13.1. The summed E-state index contributed by atoms with van der Waals surface area (Å²) in [5.41, 5.74) is 1.25. The Balaban J connectivity index is 2.35. The molecule has 19 heavy (non-hydrogen) atoms. The molecule has 92 valence electrons. The second kappa shape index (κ2) is 3.56. The summed E-state index contributed by atoms with van der Waals surface area (Å²) in [7, 11) is 0. The van der Waals surface area contributed by atoms with Crippen molar-refractivity contribution in [3.05, 3.63) is 58.6 Å². The molecule has 0 saturated heterocycles. The third kappa shape index (κ3) is 1.28. The van der Waals surface area contributed by atoms with Crippen LogP contribution in [0.2, 0.25) is 5.02 Å². The number of fused-ring (bicyclic) bond motifs is 2. The molecule has 0 amide bonds. The average molecular weight is 269 g/mol. The second-order valence-electron chi connectivity index (χ2n) is 4.80. The Labute approximate surface area is 114 Å². The number of carbonyl (C=O) groups excluding carboxylic acids is 1. The highest BCUT2D eigenvalue weighted by Gasteiger charge is 2.33. The molecule has 0 saturated carbocycles. The van der Waals surface area contributed by atoms with Gasteiger partial charge in [-0.05, 0) is 29.0 Å². The molecule has 3 aromatic rings. The van der Waals surface area contributed by atoms with Gasteiger partial charge in [0.2, 0.25) is 0 Å². The van der Waals surface area contributed by atoms with Crippen LogP contribution in [0, 0.1) is 0 Å². The zero-order valence-corrected chi connectivity index (χ0v) is 10.6. The molecule has 1 aliphatic carbocycles. The molecule has 1 N–H and O–H groups in total. The van der Waals surface area contributed by atoms with Crippen molar-refractivity contribution >= 4 is 38.9 Å². The lowest BCUT2D eigenvalue weighted by atomic mass is 9.97. The molecule has 0 bridgehead atoms. The van der Waals surface area contributed by atoms with Gasteiger partial charge in [-0.25, -0.2) is 0 Å². The standard InChI is InChI=1S/C16H9ClO2/c17-12-6-5-10-13-11(12)7-8-3-1-2-4-9(8)14(13)16(19)15(10)18/h1-7,16,19H. The van der Waals surface area contributed by atoms with Crippen molar-refractivity contribution in [3.8, 4) is 0 Å². The molecule has 0 radical (unpaired) electrons. The number of aliphatic hydroxyl groups excluding tert-OH is 1. The molecular formula is C16H9ClO2. The van der Waals surface area contributed by atoms with Gasteiger partial charge in [0.15, 0.2) is 5.78 Å². The van der Waals surface area contributed by atoms with E-state index in [9.17, 15) is 9.90 Å². The van der Waals surface area contributed by atoms with E-state index < -0.39 is 6.10 Å². The van der Waals surface area contributed by atoms with Gasteiger partial charge in [-0.3, -0.25) is 4.79 Å². The quantitative estimate of drug-likeness (QED) is 0.628. The fourth-order valence-electron chi connectivity index (χ4n) is 2.95. The van der Waals surface area contributed by atoms with Crippen molar-refractivity contribution in [1.82, 2.24) is 0 Å². The third-order valence-electron chi connectivity index (χ3n) is 3.80. The van der Waals surface area contributed by atoms with Crippen LogP contribution >= 0.6 is 11.6 Å². The Morgan fingerprint density at radius 2 is 1.84 bits per heavy atom. The van der Waals surface area contributed by atoms with Gasteiger partial charge in [0.1, 0.15) is 6.10 Å². The molecule has 3 aromatic carbocycles. The molecule has 3 heteroatoms. The lowest BCUT2D eigenvalue weighted by molar-refractivity contribution is 0.0768. The molecule has 2 nitrogen and oxygen atoms in total. The smallest absolute Gasteiger partial charge is 0.196 e. The number of halogens is 1. The van der Waals surface area contributed by atoms with Gasteiger partial charge in [0, 0.05) is 26.9 Å². The maximum atomic E-state index is 12.1. The normalized spacial score (nSPS) is 17.6. The number of hydrogen-bond acceptors (Lipinski definition) is 2. The van der Waals surface area contributed by atoms with Crippen LogP contribution < -0.4 is 0 Å². The Morgan fingerprint density at radius 3 is 2.68 bits per heavy atom.